The molecule has 0 bridgehead atoms. The van der Waals surface area contributed by atoms with Crippen LogP contribution in [0.2, 0.25) is 0 Å². The smallest absolute Gasteiger partial charge is 0.337 e. The molecule has 0 aliphatic heterocycles. The van der Waals surface area contributed by atoms with Crippen LogP contribution in [0.4, 0.5) is 11.4 Å². The number of rotatable bonds is 6. The average Bonchev–Trinajstić information content (AvgIpc) is 2.57. The van der Waals surface area contributed by atoms with Crippen molar-refractivity contribution in [1.29, 1.82) is 0 Å². The van der Waals surface area contributed by atoms with Crippen LogP contribution in [-0.2, 0) is 16.0 Å². The van der Waals surface area contributed by atoms with Gasteiger partial charge in [-0.25, -0.2) is 4.79 Å². The molecule has 22 heavy (non-hydrogen) atoms. The van der Waals surface area contributed by atoms with Gasteiger partial charge in [0.25, 0.3) is 0 Å². The number of carbonyl (C=O) groups excluding carboxylic acids is 2. The van der Waals surface area contributed by atoms with Gasteiger partial charge in [0, 0.05) is 11.4 Å². The fourth-order valence-corrected chi connectivity index (χ4v) is 2.26. The van der Waals surface area contributed by atoms with E-state index in [2.05, 4.69) is 11.7 Å². The SMILES string of the molecule is CCCc1ccc(N(C=O)c2ccc(C(=O)OC)cc2)cc1. The van der Waals surface area contributed by atoms with Crippen molar-refractivity contribution in [1.82, 2.24) is 0 Å². The van der Waals surface area contributed by atoms with Crippen molar-refractivity contribution in [3.05, 3.63) is 59.7 Å². The summed E-state index contributed by atoms with van der Waals surface area (Å²) in [5, 5.41) is 0. The first-order valence-corrected chi connectivity index (χ1v) is 7.21. The summed E-state index contributed by atoms with van der Waals surface area (Å²) in [4.78, 5) is 24.4. The lowest BCUT2D eigenvalue weighted by molar-refractivity contribution is -0.106. The largest absolute Gasteiger partial charge is 0.465 e. The topological polar surface area (TPSA) is 46.6 Å². The van der Waals surface area contributed by atoms with Crippen LogP contribution in [0.5, 0.6) is 0 Å². The molecule has 4 heteroatoms. The molecule has 2 aromatic rings. The third-order valence-electron chi connectivity index (χ3n) is 3.43. The summed E-state index contributed by atoms with van der Waals surface area (Å²) in [5.74, 6) is -0.395. The van der Waals surface area contributed by atoms with Gasteiger partial charge < -0.3 is 4.74 Å². The number of esters is 1. The Labute approximate surface area is 130 Å². The van der Waals surface area contributed by atoms with E-state index < -0.39 is 5.97 Å². The second kappa shape index (κ2) is 7.41. The second-order valence-electron chi connectivity index (χ2n) is 4.93. The van der Waals surface area contributed by atoms with Crippen LogP contribution in [-0.4, -0.2) is 19.5 Å². The van der Waals surface area contributed by atoms with Crippen LogP contribution < -0.4 is 4.90 Å². The highest BCUT2D eigenvalue weighted by atomic mass is 16.5. The summed E-state index contributed by atoms with van der Waals surface area (Å²) < 4.78 is 4.66. The molecule has 0 N–H and O–H groups in total. The zero-order chi connectivity index (χ0) is 15.9. The van der Waals surface area contributed by atoms with Crippen LogP contribution >= 0.6 is 0 Å². The van der Waals surface area contributed by atoms with Gasteiger partial charge in [-0.2, -0.15) is 0 Å². The zero-order valence-electron chi connectivity index (χ0n) is 12.8. The highest BCUT2D eigenvalue weighted by Gasteiger charge is 2.10. The minimum absolute atomic E-state index is 0.395. The van der Waals surface area contributed by atoms with Gasteiger partial charge in [0.1, 0.15) is 0 Å². The molecule has 0 aromatic heterocycles. The molecule has 0 aliphatic rings. The van der Waals surface area contributed by atoms with Crippen molar-refractivity contribution in [2.45, 2.75) is 19.8 Å². The Kier molecular flexibility index (Phi) is 5.31. The van der Waals surface area contributed by atoms with Gasteiger partial charge in [-0.05, 0) is 48.4 Å². The van der Waals surface area contributed by atoms with E-state index in [9.17, 15) is 9.59 Å². The number of benzene rings is 2. The molecule has 0 heterocycles. The van der Waals surface area contributed by atoms with Crippen molar-refractivity contribution in [2.24, 2.45) is 0 Å². The standard InChI is InChI=1S/C18H19NO3/c1-3-4-14-5-9-16(10-6-14)19(13-20)17-11-7-15(8-12-17)18(21)22-2/h5-13H,3-4H2,1-2H3. The Morgan fingerprint density at radius 3 is 2.05 bits per heavy atom. The maximum Gasteiger partial charge on any atom is 0.337 e. The lowest BCUT2D eigenvalue weighted by Gasteiger charge is -2.18. The zero-order valence-corrected chi connectivity index (χ0v) is 12.8. The van der Waals surface area contributed by atoms with E-state index in [-0.39, 0.29) is 0 Å². The van der Waals surface area contributed by atoms with Crippen molar-refractivity contribution in [2.75, 3.05) is 12.0 Å². The fourth-order valence-electron chi connectivity index (χ4n) is 2.26. The van der Waals surface area contributed by atoms with E-state index in [1.807, 2.05) is 24.3 Å². The molecule has 0 radical (unpaired) electrons. The van der Waals surface area contributed by atoms with Gasteiger partial charge in [-0.15, -0.1) is 0 Å². The number of methoxy groups -OCH3 is 1. The molecule has 0 saturated carbocycles. The molecule has 4 nitrogen and oxygen atoms in total. The number of anilines is 2. The Balaban J connectivity index is 2.23. The van der Waals surface area contributed by atoms with E-state index in [0.29, 0.717) is 11.3 Å². The molecule has 0 fully saturated rings. The monoisotopic (exact) mass is 297 g/mol. The summed E-state index contributed by atoms with van der Waals surface area (Å²) in [6.45, 7) is 2.13. The third kappa shape index (κ3) is 3.52. The van der Waals surface area contributed by atoms with E-state index in [0.717, 1.165) is 24.9 Å². The maximum atomic E-state index is 11.4. The van der Waals surface area contributed by atoms with Gasteiger partial charge in [-0.3, -0.25) is 9.69 Å². The van der Waals surface area contributed by atoms with Gasteiger partial charge in [-0.1, -0.05) is 25.5 Å². The average molecular weight is 297 g/mol. The third-order valence-corrected chi connectivity index (χ3v) is 3.43. The maximum absolute atomic E-state index is 11.4. The summed E-state index contributed by atoms with van der Waals surface area (Å²) in [5.41, 5.74) is 3.19. The Morgan fingerprint density at radius 2 is 1.59 bits per heavy atom. The van der Waals surface area contributed by atoms with Crippen LogP contribution in [0.1, 0.15) is 29.3 Å². The van der Waals surface area contributed by atoms with Crippen LogP contribution in [0, 0.1) is 0 Å². The van der Waals surface area contributed by atoms with Gasteiger partial charge in [0.2, 0.25) is 6.41 Å². The minimum atomic E-state index is -0.395. The van der Waals surface area contributed by atoms with Crippen LogP contribution in [0.15, 0.2) is 48.5 Å². The number of ether oxygens (including phenoxy) is 1. The molecule has 0 spiro atoms. The summed E-state index contributed by atoms with van der Waals surface area (Å²) in [7, 11) is 1.34. The molecule has 2 rings (SSSR count). The number of hydrogen-bond acceptors (Lipinski definition) is 3. The van der Waals surface area contributed by atoms with Crippen LogP contribution in [0.25, 0.3) is 0 Å². The number of hydrogen-bond donors (Lipinski definition) is 0. The van der Waals surface area contributed by atoms with Crippen molar-refractivity contribution < 1.29 is 14.3 Å². The highest BCUT2D eigenvalue weighted by molar-refractivity contribution is 5.91. The van der Waals surface area contributed by atoms with Gasteiger partial charge >= 0.3 is 5.97 Å². The molecule has 1 amide bonds. The van der Waals surface area contributed by atoms with Crippen molar-refractivity contribution >= 4 is 23.8 Å². The fraction of sp³-hybridized carbons (Fsp3) is 0.222. The molecule has 0 aliphatic carbocycles. The van der Waals surface area contributed by atoms with Gasteiger partial charge in [0.05, 0.1) is 12.7 Å². The lowest BCUT2D eigenvalue weighted by atomic mass is 10.1. The summed E-state index contributed by atoms with van der Waals surface area (Å²) in [6.07, 6.45) is 2.88. The lowest BCUT2D eigenvalue weighted by Crippen LogP contribution is -2.14. The highest BCUT2D eigenvalue weighted by Crippen LogP contribution is 2.24. The Bertz CT molecular complexity index is 632. The normalized spacial score (nSPS) is 10.1. The first kappa shape index (κ1) is 15.8. The van der Waals surface area contributed by atoms with Crippen LogP contribution in [0.3, 0.4) is 0 Å². The molecule has 114 valence electrons. The molecular weight excluding hydrogens is 278 g/mol. The van der Waals surface area contributed by atoms with E-state index >= 15 is 0 Å². The first-order valence-electron chi connectivity index (χ1n) is 7.21. The summed E-state index contributed by atoms with van der Waals surface area (Å²) >= 11 is 0. The first-order chi connectivity index (χ1) is 10.7. The molecule has 0 atom stereocenters. The van der Waals surface area contributed by atoms with E-state index in [4.69, 9.17) is 0 Å². The van der Waals surface area contributed by atoms with E-state index in [1.165, 1.54) is 17.6 Å². The minimum Gasteiger partial charge on any atom is -0.465 e. The van der Waals surface area contributed by atoms with E-state index in [1.54, 1.807) is 24.3 Å². The van der Waals surface area contributed by atoms with Crippen molar-refractivity contribution in [3.63, 3.8) is 0 Å². The molecule has 0 saturated heterocycles. The number of nitrogens with zero attached hydrogens (tertiary/aromatic N) is 1. The molecule has 0 unspecified atom stereocenters. The van der Waals surface area contributed by atoms with Crippen molar-refractivity contribution in [3.8, 4) is 0 Å². The quantitative estimate of drug-likeness (QED) is 0.603. The second-order valence-corrected chi connectivity index (χ2v) is 4.93. The predicted molar refractivity (Wildman–Crippen MR) is 86.4 cm³/mol. The van der Waals surface area contributed by atoms with Gasteiger partial charge in [0.15, 0.2) is 0 Å². The molecule has 2 aromatic carbocycles. The summed E-state index contributed by atoms with van der Waals surface area (Å²) in [6, 6.07) is 14.6. The number of amides is 1. The number of carbonyl (C=O) groups is 2. The molecular formula is C18H19NO3. The Hall–Kier alpha value is -2.62. The predicted octanol–water partition coefficient (Wildman–Crippen LogP) is 3.72. The Morgan fingerprint density at radius 1 is 1.05 bits per heavy atom. The number of aryl methyl sites for hydroxylation is 1.